The molecule has 9 heteroatoms. The molecule has 0 bridgehead atoms. The van der Waals surface area contributed by atoms with Crippen molar-refractivity contribution in [3.8, 4) is 11.4 Å². The molecule has 0 atom stereocenters. The molecule has 0 aliphatic rings. The molecule has 0 saturated heterocycles. The molecule has 27 heavy (non-hydrogen) atoms. The number of aromatic nitrogens is 2. The van der Waals surface area contributed by atoms with Crippen LogP contribution in [0.2, 0.25) is 5.15 Å². The van der Waals surface area contributed by atoms with E-state index in [4.69, 9.17) is 11.6 Å². The van der Waals surface area contributed by atoms with Crippen molar-refractivity contribution in [3.63, 3.8) is 0 Å². The van der Waals surface area contributed by atoms with Crippen LogP contribution in [0.25, 0.3) is 5.69 Å². The van der Waals surface area contributed by atoms with Crippen molar-refractivity contribution in [1.82, 2.24) is 20.6 Å². The maximum Gasteiger partial charge on any atom is 0.274 e. The van der Waals surface area contributed by atoms with Crippen molar-refractivity contribution in [2.24, 2.45) is 0 Å². The summed E-state index contributed by atoms with van der Waals surface area (Å²) in [5.74, 6) is -1.61. The second-order valence-corrected chi connectivity index (χ2v) is 5.95. The number of hydrogen-bond acceptors (Lipinski definition) is 4. The maximum atomic E-state index is 13.1. The van der Waals surface area contributed by atoms with Crippen molar-refractivity contribution in [2.75, 3.05) is 0 Å². The molecule has 0 spiro atoms. The lowest BCUT2D eigenvalue weighted by atomic mass is 10.2. The lowest BCUT2D eigenvalue weighted by molar-refractivity contribution is 0.0846. The largest absolute Gasteiger partial charge is 0.508 e. The van der Waals surface area contributed by atoms with E-state index in [2.05, 4.69) is 16.0 Å². The van der Waals surface area contributed by atoms with E-state index in [1.54, 1.807) is 6.92 Å². The van der Waals surface area contributed by atoms with E-state index >= 15 is 0 Å². The number of amides is 2. The van der Waals surface area contributed by atoms with Gasteiger partial charge in [-0.3, -0.25) is 20.4 Å². The summed E-state index contributed by atoms with van der Waals surface area (Å²) in [5, 5.41) is 13.4. The zero-order chi connectivity index (χ0) is 19.6. The van der Waals surface area contributed by atoms with E-state index in [1.807, 2.05) is 0 Å². The predicted molar refractivity (Wildman–Crippen MR) is 96.3 cm³/mol. The lowest BCUT2D eigenvalue weighted by Gasteiger charge is -2.08. The van der Waals surface area contributed by atoms with Gasteiger partial charge < -0.3 is 5.11 Å². The molecule has 138 valence electrons. The van der Waals surface area contributed by atoms with Gasteiger partial charge >= 0.3 is 0 Å². The van der Waals surface area contributed by atoms with Crippen molar-refractivity contribution in [3.05, 3.63) is 76.3 Å². The van der Waals surface area contributed by atoms with Crippen LogP contribution < -0.4 is 10.9 Å². The van der Waals surface area contributed by atoms with E-state index in [0.717, 1.165) is 0 Å². The summed E-state index contributed by atoms with van der Waals surface area (Å²) in [4.78, 5) is 24.4. The van der Waals surface area contributed by atoms with Gasteiger partial charge in [0.25, 0.3) is 11.8 Å². The van der Waals surface area contributed by atoms with Crippen LogP contribution in [0.4, 0.5) is 4.39 Å². The summed E-state index contributed by atoms with van der Waals surface area (Å²) in [5.41, 5.74) is 5.67. The number of hydrazine groups is 1. The zero-order valence-electron chi connectivity index (χ0n) is 14.0. The third kappa shape index (κ3) is 3.90. The first-order chi connectivity index (χ1) is 12.9. The average Bonchev–Trinajstić information content (AvgIpc) is 2.95. The van der Waals surface area contributed by atoms with Crippen LogP contribution in [-0.4, -0.2) is 26.7 Å². The highest BCUT2D eigenvalue weighted by Crippen LogP contribution is 2.23. The highest BCUT2D eigenvalue weighted by atomic mass is 35.5. The number of phenolic OH excluding ortho intramolecular Hbond substituents is 1. The van der Waals surface area contributed by atoms with Crippen molar-refractivity contribution >= 4 is 23.4 Å². The van der Waals surface area contributed by atoms with Gasteiger partial charge in [0.15, 0.2) is 0 Å². The molecule has 1 aromatic heterocycles. The minimum Gasteiger partial charge on any atom is -0.508 e. The van der Waals surface area contributed by atoms with E-state index in [9.17, 15) is 19.1 Å². The molecule has 3 aromatic rings. The first-order valence-electron chi connectivity index (χ1n) is 7.77. The number of benzene rings is 2. The molecule has 0 fully saturated rings. The highest BCUT2D eigenvalue weighted by Gasteiger charge is 2.21. The standard InChI is InChI=1S/C18H14ClFN4O3/c1-10-15(16(19)24(23-10)13-6-4-12(20)5-7-13)18(27)22-21-17(26)11-2-8-14(25)9-3-11/h2-9,25H,1H3,(H,21,26)(H,22,27). The van der Waals surface area contributed by atoms with Crippen LogP contribution >= 0.6 is 11.6 Å². The molecular weight excluding hydrogens is 375 g/mol. The number of phenols is 1. The van der Waals surface area contributed by atoms with Crippen molar-refractivity contribution in [1.29, 1.82) is 0 Å². The summed E-state index contributed by atoms with van der Waals surface area (Å²) < 4.78 is 14.4. The monoisotopic (exact) mass is 388 g/mol. The average molecular weight is 389 g/mol. The number of rotatable bonds is 3. The van der Waals surface area contributed by atoms with Gasteiger partial charge in [-0.25, -0.2) is 9.07 Å². The Labute approximate surface area is 158 Å². The molecule has 3 rings (SSSR count). The maximum absolute atomic E-state index is 13.1. The molecule has 3 N–H and O–H groups in total. The molecule has 2 aromatic carbocycles. The van der Waals surface area contributed by atoms with Crippen LogP contribution in [0, 0.1) is 12.7 Å². The minimum absolute atomic E-state index is 0.0196. The summed E-state index contributed by atoms with van der Waals surface area (Å²) in [6.07, 6.45) is 0. The van der Waals surface area contributed by atoms with E-state index in [-0.39, 0.29) is 22.0 Å². The molecule has 0 aliphatic heterocycles. The highest BCUT2D eigenvalue weighted by molar-refractivity contribution is 6.33. The van der Waals surface area contributed by atoms with Crippen LogP contribution in [0.5, 0.6) is 5.75 Å². The van der Waals surface area contributed by atoms with Crippen molar-refractivity contribution < 1.29 is 19.1 Å². The number of aromatic hydroxyl groups is 1. The Kier molecular flexibility index (Phi) is 5.09. The molecule has 0 saturated carbocycles. The number of halogens is 2. The quantitative estimate of drug-likeness (QED) is 0.601. The van der Waals surface area contributed by atoms with E-state index in [1.165, 1.54) is 53.2 Å². The summed E-state index contributed by atoms with van der Waals surface area (Å²) in [6, 6.07) is 11.0. The molecule has 0 unspecified atom stereocenters. The summed E-state index contributed by atoms with van der Waals surface area (Å²) in [6.45, 7) is 1.59. The number of nitrogens with one attached hydrogen (secondary N) is 2. The fourth-order valence-electron chi connectivity index (χ4n) is 2.37. The predicted octanol–water partition coefficient (Wildman–Crippen LogP) is 2.75. The SMILES string of the molecule is Cc1nn(-c2ccc(F)cc2)c(Cl)c1C(=O)NNC(=O)c1ccc(O)cc1. The molecule has 0 radical (unpaired) electrons. The van der Waals surface area contributed by atoms with Gasteiger partial charge in [0.1, 0.15) is 22.3 Å². The minimum atomic E-state index is -0.655. The molecule has 0 aliphatic carbocycles. The zero-order valence-corrected chi connectivity index (χ0v) is 14.8. The van der Waals surface area contributed by atoms with E-state index in [0.29, 0.717) is 11.4 Å². The fourth-order valence-corrected chi connectivity index (χ4v) is 2.73. The first kappa shape index (κ1) is 18.4. The first-order valence-corrected chi connectivity index (χ1v) is 8.15. The molecule has 7 nitrogen and oxygen atoms in total. The molecule has 2 amide bonds. The second-order valence-electron chi connectivity index (χ2n) is 5.59. The smallest absolute Gasteiger partial charge is 0.274 e. The van der Waals surface area contributed by atoms with Gasteiger partial charge in [-0.1, -0.05) is 11.6 Å². The van der Waals surface area contributed by atoms with Crippen LogP contribution in [0.3, 0.4) is 0 Å². The van der Waals surface area contributed by atoms with Crippen LogP contribution in [-0.2, 0) is 0 Å². The number of carbonyl (C=O) groups is 2. The van der Waals surface area contributed by atoms with Gasteiger partial charge in [-0.15, -0.1) is 0 Å². The Bertz CT molecular complexity index is 1000. The number of hydrogen-bond donors (Lipinski definition) is 3. The van der Waals surface area contributed by atoms with Gasteiger partial charge in [0.2, 0.25) is 0 Å². The van der Waals surface area contributed by atoms with Gasteiger partial charge in [-0.2, -0.15) is 5.10 Å². The molecular formula is C18H14ClFN4O3. The van der Waals surface area contributed by atoms with Crippen LogP contribution in [0.15, 0.2) is 48.5 Å². The molecule has 1 heterocycles. The van der Waals surface area contributed by atoms with Gasteiger partial charge in [0, 0.05) is 5.56 Å². The van der Waals surface area contributed by atoms with Crippen molar-refractivity contribution in [2.45, 2.75) is 6.92 Å². The lowest BCUT2D eigenvalue weighted by Crippen LogP contribution is -2.41. The van der Waals surface area contributed by atoms with Crippen LogP contribution in [0.1, 0.15) is 26.4 Å². The van der Waals surface area contributed by atoms with Gasteiger partial charge in [-0.05, 0) is 55.5 Å². The van der Waals surface area contributed by atoms with E-state index < -0.39 is 17.6 Å². The summed E-state index contributed by atoms with van der Waals surface area (Å²) >= 11 is 6.25. The van der Waals surface area contributed by atoms with Gasteiger partial charge in [0.05, 0.1) is 11.4 Å². The third-order valence-electron chi connectivity index (χ3n) is 3.72. The number of nitrogens with zero attached hydrogens (tertiary/aromatic N) is 2. The summed E-state index contributed by atoms with van der Waals surface area (Å²) in [7, 11) is 0. The topological polar surface area (TPSA) is 96.3 Å². The Morgan fingerprint density at radius 2 is 1.63 bits per heavy atom. The Morgan fingerprint density at radius 3 is 2.26 bits per heavy atom. The Morgan fingerprint density at radius 1 is 1.04 bits per heavy atom. The second kappa shape index (κ2) is 7.46. The number of carbonyl (C=O) groups excluding carboxylic acids is 2. The Hall–Kier alpha value is -3.39. The third-order valence-corrected chi connectivity index (χ3v) is 4.07. The normalized spacial score (nSPS) is 10.5. The fraction of sp³-hybridized carbons (Fsp3) is 0.0556. The number of aryl methyl sites for hydroxylation is 1. The Balaban J connectivity index is 1.76.